The lowest BCUT2D eigenvalue weighted by molar-refractivity contribution is -0.118. The molecule has 4 nitrogen and oxygen atoms in total. The molecule has 0 radical (unpaired) electrons. The molecule has 0 aliphatic heterocycles. The number of anilines is 1. The number of ether oxygens (including phenoxy) is 2. The van der Waals surface area contributed by atoms with E-state index >= 15 is 0 Å². The molecule has 0 spiro atoms. The third-order valence-corrected chi connectivity index (χ3v) is 6.26. The Labute approximate surface area is 194 Å². The van der Waals surface area contributed by atoms with Gasteiger partial charge in [0.15, 0.2) is 6.61 Å². The second kappa shape index (κ2) is 11.0. The molecule has 1 amide bonds. The van der Waals surface area contributed by atoms with Crippen LogP contribution in [0.15, 0.2) is 46.9 Å². The summed E-state index contributed by atoms with van der Waals surface area (Å²) in [4.78, 5) is 12.4. The van der Waals surface area contributed by atoms with E-state index in [1.54, 1.807) is 0 Å². The lowest BCUT2D eigenvalue weighted by Gasteiger charge is -2.23. The number of carbonyl (C=O) groups excluding carboxylic acids is 1. The molecule has 3 rings (SSSR count). The van der Waals surface area contributed by atoms with E-state index < -0.39 is 0 Å². The molecule has 1 saturated carbocycles. The molecule has 2 aromatic rings. The fourth-order valence-electron chi connectivity index (χ4n) is 4.01. The smallest absolute Gasteiger partial charge is 0.262 e. The van der Waals surface area contributed by atoms with Crippen LogP contribution in [-0.4, -0.2) is 19.1 Å². The summed E-state index contributed by atoms with van der Waals surface area (Å²) in [6.45, 7) is 7.10. The summed E-state index contributed by atoms with van der Waals surface area (Å²) in [5, 5.41) is 2.89. The molecular formula is C26H34BrNO3. The van der Waals surface area contributed by atoms with Gasteiger partial charge in [-0.15, -0.1) is 0 Å². The van der Waals surface area contributed by atoms with Crippen LogP contribution in [0.25, 0.3) is 0 Å². The predicted molar refractivity (Wildman–Crippen MR) is 130 cm³/mol. The topological polar surface area (TPSA) is 47.6 Å². The molecule has 1 aliphatic rings. The summed E-state index contributed by atoms with van der Waals surface area (Å²) in [5.41, 5.74) is 1.71. The number of nitrogens with one attached hydrogen (secondary N) is 1. The first-order valence-electron chi connectivity index (χ1n) is 11.3. The van der Waals surface area contributed by atoms with Gasteiger partial charge in [-0.25, -0.2) is 0 Å². The fraction of sp³-hybridized carbons (Fsp3) is 0.500. The maximum atomic E-state index is 12.4. The van der Waals surface area contributed by atoms with Gasteiger partial charge in [-0.3, -0.25) is 4.79 Å². The number of benzene rings is 2. The van der Waals surface area contributed by atoms with Crippen molar-refractivity contribution in [1.29, 1.82) is 0 Å². The number of hydrogen-bond acceptors (Lipinski definition) is 3. The molecule has 0 heterocycles. The van der Waals surface area contributed by atoms with Gasteiger partial charge < -0.3 is 14.8 Å². The monoisotopic (exact) mass is 487 g/mol. The minimum absolute atomic E-state index is 0.0373. The van der Waals surface area contributed by atoms with Crippen LogP contribution in [0.2, 0.25) is 0 Å². The van der Waals surface area contributed by atoms with Crippen LogP contribution < -0.4 is 14.8 Å². The SMILES string of the molecule is CC(C)(C)c1cc(Br)ccc1OCC(=O)Nc1ccc(OCCC2CCCCC2)cc1. The normalized spacial score (nSPS) is 14.8. The lowest BCUT2D eigenvalue weighted by Crippen LogP contribution is -2.22. The van der Waals surface area contributed by atoms with E-state index in [-0.39, 0.29) is 17.9 Å². The molecule has 5 heteroatoms. The van der Waals surface area contributed by atoms with Crippen molar-refractivity contribution in [2.45, 2.75) is 64.7 Å². The van der Waals surface area contributed by atoms with Crippen molar-refractivity contribution in [3.63, 3.8) is 0 Å². The molecule has 1 N–H and O–H groups in total. The Hall–Kier alpha value is -2.01. The Morgan fingerprint density at radius 3 is 2.42 bits per heavy atom. The van der Waals surface area contributed by atoms with E-state index in [0.29, 0.717) is 0 Å². The van der Waals surface area contributed by atoms with Crippen LogP contribution >= 0.6 is 15.9 Å². The quantitative estimate of drug-likeness (QED) is 0.431. The molecule has 168 valence electrons. The molecule has 0 bridgehead atoms. The van der Waals surface area contributed by atoms with Crippen LogP contribution in [0.4, 0.5) is 5.69 Å². The van der Waals surface area contributed by atoms with Gasteiger partial charge in [0.25, 0.3) is 5.91 Å². The molecule has 2 aromatic carbocycles. The zero-order valence-corrected chi connectivity index (χ0v) is 20.5. The van der Waals surface area contributed by atoms with Crippen LogP contribution in [0.1, 0.15) is 64.9 Å². The van der Waals surface area contributed by atoms with Crippen LogP contribution in [0, 0.1) is 5.92 Å². The Balaban J connectivity index is 1.45. The molecule has 1 fully saturated rings. The second-order valence-corrected chi connectivity index (χ2v) is 10.3. The summed E-state index contributed by atoms with van der Waals surface area (Å²) < 4.78 is 12.7. The van der Waals surface area contributed by atoms with Crippen LogP contribution in [-0.2, 0) is 10.2 Å². The standard InChI is InChI=1S/C26H34BrNO3/c1-26(2,3)23-17-20(27)9-14-24(23)31-18-25(29)28-21-10-12-22(13-11-21)30-16-15-19-7-5-4-6-8-19/h9-14,17,19H,4-8,15-16,18H2,1-3H3,(H,28,29). The van der Waals surface area contributed by atoms with Crippen molar-refractivity contribution in [1.82, 2.24) is 0 Å². The molecule has 31 heavy (non-hydrogen) atoms. The third-order valence-electron chi connectivity index (χ3n) is 5.77. The fourth-order valence-corrected chi connectivity index (χ4v) is 4.37. The van der Waals surface area contributed by atoms with E-state index in [9.17, 15) is 4.79 Å². The highest BCUT2D eigenvalue weighted by molar-refractivity contribution is 9.10. The number of amides is 1. The Bertz CT molecular complexity index is 852. The number of halogens is 1. The molecule has 0 saturated heterocycles. The summed E-state index contributed by atoms with van der Waals surface area (Å²) in [6, 6.07) is 13.4. The molecule has 0 unspecified atom stereocenters. The summed E-state index contributed by atoms with van der Waals surface area (Å²) >= 11 is 3.51. The average Bonchev–Trinajstić information content (AvgIpc) is 2.74. The van der Waals surface area contributed by atoms with E-state index in [1.165, 1.54) is 32.1 Å². The van der Waals surface area contributed by atoms with Gasteiger partial charge in [0, 0.05) is 15.7 Å². The lowest BCUT2D eigenvalue weighted by atomic mass is 9.86. The highest BCUT2D eigenvalue weighted by Crippen LogP contribution is 2.33. The van der Waals surface area contributed by atoms with E-state index in [2.05, 4.69) is 42.0 Å². The van der Waals surface area contributed by atoms with Crippen molar-refractivity contribution >= 4 is 27.5 Å². The zero-order chi connectivity index (χ0) is 22.3. The molecule has 0 aromatic heterocycles. The number of rotatable bonds is 8. The first kappa shape index (κ1) is 23.6. The van der Waals surface area contributed by atoms with E-state index in [0.717, 1.165) is 46.2 Å². The van der Waals surface area contributed by atoms with Crippen molar-refractivity contribution < 1.29 is 14.3 Å². The highest BCUT2D eigenvalue weighted by atomic mass is 79.9. The largest absolute Gasteiger partial charge is 0.494 e. The Morgan fingerprint density at radius 2 is 1.74 bits per heavy atom. The van der Waals surface area contributed by atoms with Gasteiger partial charge in [-0.2, -0.15) is 0 Å². The van der Waals surface area contributed by atoms with Crippen LogP contribution in [0.5, 0.6) is 11.5 Å². The van der Waals surface area contributed by atoms with Gasteiger partial charge in [-0.1, -0.05) is 68.8 Å². The minimum Gasteiger partial charge on any atom is -0.494 e. The van der Waals surface area contributed by atoms with E-state index in [1.807, 2.05) is 42.5 Å². The Kier molecular flexibility index (Phi) is 8.42. The summed E-state index contributed by atoms with van der Waals surface area (Å²) in [5.74, 6) is 2.20. The number of hydrogen-bond donors (Lipinski definition) is 1. The zero-order valence-electron chi connectivity index (χ0n) is 18.9. The average molecular weight is 488 g/mol. The minimum atomic E-state index is -0.186. The van der Waals surface area contributed by atoms with Crippen molar-refractivity contribution in [3.8, 4) is 11.5 Å². The molecule has 1 aliphatic carbocycles. The molecule has 0 atom stereocenters. The maximum Gasteiger partial charge on any atom is 0.262 e. The predicted octanol–water partition coefficient (Wildman–Crippen LogP) is 7.11. The van der Waals surface area contributed by atoms with Crippen molar-refractivity contribution in [2.24, 2.45) is 5.92 Å². The first-order valence-corrected chi connectivity index (χ1v) is 12.1. The third kappa shape index (κ3) is 7.57. The van der Waals surface area contributed by atoms with E-state index in [4.69, 9.17) is 9.47 Å². The Morgan fingerprint density at radius 1 is 1.03 bits per heavy atom. The van der Waals surface area contributed by atoms with Crippen molar-refractivity contribution in [3.05, 3.63) is 52.5 Å². The van der Waals surface area contributed by atoms with Gasteiger partial charge >= 0.3 is 0 Å². The highest BCUT2D eigenvalue weighted by Gasteiger charge is 2.20. The van der Waals surface area contributed by atoms with Crippen LogP contribution in [0.3, 0.4) is 0 Å². The van der Waals surface area contributed by atoms with Crippen molar-refractivity contribution in [2.75, 3.05) is 18.5 Å². The summed E-state index contributed by atoms with van der Waals surface area (Å²) in [7, 11) is 0. The maximum absolute atomic E-state index is 12.4. The first-order chi connectivity index (χ1) is 14.8. The van der Waals surface area contributed by atoms with Gasteiger partial charge in [0.05, 0.1) is 6.61 Å². The van der Waals surface area contributed by atoms with Gasteiger partial charge in [0.1, 0.15) is 11.5 Å². The summed E-state index contributed by atoms with van der Waals surface area (Å²) in [6.07, 6.45) is 7.92. The molecular weight excluding hydrogens is 454 g/mol. The number of carbonyl (C=O) groups is 1. The van der Waals surface area contributed by atoms with Gasteiger partial charge in [-0.05, 0) is 60.2 Å². The van der Waals surface area contributed by atoms with Gasteiger partial charge in [0.2, 0.25) is 0 Å². The second-order valence-electron chi connectivity index (χ2n) is 9.39.